The van der Waals surface area contributed by atoms with Crippen LogP contribution in [-0.2, 0) is 21.4 Å². The molecule has 1 N–H and O–H groups in total. The standard InChI is InChI=1S/C17H19NO4S/c1-13-8-9-14(2)16(10-13)23(21,22)18(12-17(19)20)11-15-6-4-3-5-7-15/h3-10H,11-12H2,1-2H3,(H,19,20). The predicted molar refractivity (Wildman–Crippen MR) is 87.6 cm³/mol. The molecule has 0 aliphatic heterocycles. The molecule has 0 aromatic heterocycles. The van der Waals surface area contributed by atoms with E-state index >= 15 is 0 Å². The number of sulfonamides is 1. The lowest BCUT2D eigenvalue weighted by atomic mass is 10.2. The molecule has 23 heavy (non-hydrogen) atoms. The van der Waals surface area contributed by atoms with Crippen molar-refractivity contribution in [2.24, 2.45) is 0 Å². The van der Waals surface area contributed by atoms with E-state index in [1.54, 1.807) is 50.2 Å². The van der Waals surface area contributed by atoms with Gasteiger partial charge in [0.25, 0.3) is 0 Å². The van der Waals surface area contributed by atoms with Crippen LogP contribution in [0, 0.1) is 13.8 Å². The second-order valence-corrected chi connectivity index (χ2v) is 7.33. The van der Waals surface area contributed by atoms with Crippen LogP contribution < -0.4 is 0 Å². The molecular weight excluding hydrogens is 314 g/mol. The van der Waals surface area contributed by atoms with Gasteiger partial charge in [-0.3, -0.25) is 4.79 Å². The van der Waals surface area contributed by atoms with Crippen molar-refractivity contribution in [2.75, 3.05) is 6.54 Å². The van der Waals surface area contributed by atoms with Crippen molar-refractivity contribution in [1.82, 2.24) is 4.31 Å². The Balaban J connectivity index is 2.44. The molecular formula is C17H19NO4S. The minimum Gasteiger partial charge on any atom is -0.480 e. The third-order valence-corrected chi connectivity index (χ3v) is 5.41. The fourth-order valence-corrected chi connectivity index (χ4v) is 3.98. The Morgan fingerprint density at radius 3 is 2.35 bits per heavy atom. The number of carbonyl (C=O) groups is 1. The highest BCUT2D eigenvalue weighted by Crippen LogP contribution is 2.22. The number of carboxylic acid groups (broad SMARTS) is 1. The first kappa shape index (κ1) is 17.2. The van der Waals surface area contributed by atoms with Gasteiger partial charge >= 0.3 is 5.97 Å². The molecule has 0 unspecified atom stereocenters. The second kappa shape index (κ2) is 6.93. The van der Waals surface area contributed by atoms with Crippen LogP contribution in [0.4, 0.5) is 0 Å². The molecule has 0 bridgehead atoms. The lowest BCUT2D eigenvalue weighted by Crippen LogP contribution is -2.35. The number of hydrogen-bond acceptors (Lipinski definition) is 3. The molecule has 0 spiro atoms. The summed E-state index contributed by atoms with van der Waals surface area (Å²) in [5.41, 5.74) is 2.14. The number of aliphatic carboxylic acids is 1. The van der Waals surface area contributed by atoms with Crippen LogP contribution in [0.15, 0.2) is 53.4 Å². The zero-order valence-electron chi connectivity index (χ0n) is 13.1. The predicted octanol–water partition coefficient (Wildman–Crippen LogP) is 2.58. The summed E-state index contributed by atoms with van der Waals surface area (Å²) in [7, 11) is -3.90. The zero-order valence-corrected chi connectivity index (χ0v) is 13.9. The number of rotatable bonds is 6. The van der Waals surface area contributed by atoms with E-state index in [1.165, 1.54) is 0 Å². The minimum absolute atomic E-state index is 0.0167. The third kappa shape index (κ3) is 4.18. The molecule has 5 nitrogen and oxygen atoms in total. The molecule has 0 atom stereocenters. The molecule has 0 aliphatic carbocycles. The molecule has 2 aromatic rings. The maximum absolute atomic E-state index is 12.9. The van der Waals surface area contributed by atoms with Crippen LogP contribution in [0.2, 0.25) is 0 Å². The Hall–Kier alpha value is -2.18. The highest BCUT2D eigenvalue weighted by atomic mass is 32.2. The summed E-state index contributed by atoms with van der Waals surface area (Å²) in [5, 5.41) is 9.09. The maximum Gasteiger partial charge on any atom is 0.318 e. The quantitative estimate of drug-likeness (QED) is 0.882. The summed E-state index contributed by atoms with van der Waals surface area (Å²) in [6, 6.07) is 14.1. The summed E-state index contributed by atoms with van der Waals surface area (Å²) in [4.78, 5) is 11.3. The molecule has 2 aromatic carbocycles. The van der Waals surface area contributed by atoms with Gasteiger partial charge < -0.3 is 5.11 Å². The van der Waals surface area contributed by atoms with Gasteiger partial charge in [0.15, 0.2) is 0 Å². The highest BCUT2D eigenvalue weighted by molar-refractivity contribution is 7.89. The van der Waals surface area contributed by atoms with E-state index in [0.29, 0.717) is 5.56 Å². The molecule has 122 valence electrons. The van der Waals surface area contributed by atoms with Gasteiger partial charge in [0.2, 0.25) is 10.0 Å². The third-order valence-electron chi connectivity index (χ3n) is 3.47. The van der Waals surface area contributed by atoms with Crippen LogP contribution in [0.3, 0.4) is 0 Å². The highest BCUT2D eigenvalue weighted by Gasteiger charge is 2.28. The summed E-state index contributed by atoms with van der Waals surface area (Å²) >= 11 is 0. The van der Waals surface area contributed by atoms with E-state index in [4.69, 9.17) is 5.11 Å². The van der Waals surface area contributed by atoms with Crippen LogP contribution in [-0.4, -0.2) is 30.3 Å². The number of aryl methyl sites for hydroxylation is 2. The van der Waals surface area contributed by atoms with Gasteiger partial charge in [-0.1, -0.05) is 42.5 Å². The zero-order chi connectivity index (χ0) is 17.0. The largest absolute Gasteiger partial charge is 0.480 e. The summed E-state index contributed by atoms with van der Waals surface area (Å²) in [6.07, 6.45) is 0. The fourth-order valence-electron chi connectivity index (χ4n) is 2.29. The SMILES string of the molecule is Cc1ccc(C)c(S(=O)(=O)N(CC(=O)O)Cc2ccccc2)c1. The first-order valence-electron chi connectivity index (χ1n) is 7.14. The van der Waals surface area contributed by atoms with Crippen LogP contribution in [0.5, 0.6) is 0 Å². The average molecular weight is 333 g/mol. The van der Waals surface area contributed by atoms with Crippen LogP contribution in [0.1, 0.15) is 16.7 Å². The molecule has 0 saturated carbocycles. The Morgan fingerprint density at radius 2 is 1.74 bits per heavy atom. The molecule has 0 aliphatic rings. The Kier molecular flexibility index (Phi) is 5.18. The molecule has 0 heterocycles. The molecule has 0 saturated heterocycles. The van der Waals surface area contributed by atoms with E-state index in [9.17, 15) is 13.2 Å². The van der Waals surface area contributed by atoms with E-state index < -0.39 is 22.5 Å². The minimum atomic E-state index is -3.90. The Labute approximate surface area is 136 Å². The van der Waals surface area contributed by atoms with Crippen LogP contribution in [0.25, 0.3) is 0 Å². The van der Waals surface area contributed by atoms with Crippen molar-refractivity contribution in [1.29, 1.82) is 0 Å². The molecule has 6 heteroatoms. The number of nitrogens with zero attached hydrogens (tertiary/aromatic N) is 1. The summed E-state index contributed by atoms with van der Waals surface area (Å²) in [5.74, 6) is -1.19. The van der Waals surface area contributed by atoms with E-state index in [-0.39, 0.29) is 11.4 Å². The smallest absolute Gasteiger partial charge is 0.318 e. The van der Waals surface area contributed by atoms with Crippen molar-refractivity contribution in [2.45, 2.75) is 25.3 Å². The first-order chi connectivity index (χ1) is 10.8. The van der Waals surface area contributed by atoms with Gasteiger partial charge in [-0.25, -0.2) is 8.42 Å². The molecule has 0 fully saturated rings. The van der Waals surface area contributed by atoms with Gasteiger partial charge in [-0.2, -0.15) is 4.31 Å². The van der Waals surface area contributed by atoms with Gasteiger partial charge in [-0.05, 0) is 36.6 Å². The topological polar surface area (TPSA) is 74.7 Å². The second-order valence-electron chi connectivity index (χ2n) is 5.42. The van der Waals surface area contributed by atoms with E-state index in [0.717, 1.165) is 15.4 Å². The monoisotopic (exact) mass is 333 g/mol. The average Bonchev–Trinajstić information content (AvgIpc) is 2.49. The lowest BCUT2D eigenvalue weighted by molar-refractivity contribution is -0.137. The lowest BCUT2D eigenvalue weighted by Gasteiger charge is -2.22. The van der Waals surface area contributed by atoms with Crippen molar-refractivity contribution in [3.63, 3.8) is 0 Å². The Bertz CT molecular complexity index is 801. The number of carboxylic acids is 1. The van der Waals surface area contributed by atoms with Crippen molar-refractivity contribution in [3.8, 4) is 0 Å². The fraction of sp³-hybridized carbons (Fsp3) is 0.235. The van der Waals surface area contributed by atoms with E-state index in [1.807, 2.05) is 12.1 Å². The summed E-state index contributed by atoms with van der Waals surface area (Å²) in [6.45, 7) is 2.94. The van der Waals surface area contributed by atoms with Crippen molar-refractivity contribution >= 4 is 16.0 Å². The molecule has 2 rings (SSSR count). The number of benzene rings is 2. The maximum atomic E-state index is 12.9. The Morgan fingerprint density at radius 1 is 1.09 bits per heavy atom. The van der Waals surface area contributed by atoms with Gasteiger partial charge in [0.1, 0.15) is 6.54 Å². The molecule has 0 amide bonds. The van der Waals surface area contributed by atoms with Gasteiger partial charge in [-0.15, -0.1) is 0 Å². The van der Waals surface area contributed by atoms with Crippen molar-refractivity contribution < 1.29 is 18.3 Å². The van der Waals surface area contributed by atoms with Crippen LogP contribution >= 0.6 is 0 Å². The number of hydrogen-bond donors (Lipinski definition) is 1. The van der Waals surface area contributed by atoms with Crippen molar-refractivity contribution in [3.05, 3.63) is 65.2 Å². The normalized spacial score (nSPS) is 11.6. The van der Waals surface area contributed by atoms with Gasteiger partial charge in [0, 0.05) is 6.54 Å². The van der Waals surface area contributed by atoms with E-state index in [2.05, 4.69) is 0 Å². The van der Waals surface area contributed by atoms with Gasteiger partial charge in [0.05, 0.1) is 4.90 Å². The molecule has 0 radical (unpaired) electrons. The first-order valence-corrected chi connectivity index (χ1v) is 8.58. The summed E-state index contributed by atoms with van der Waals surface area (Å²) < 4.78 is 26.8.